The first-order valence-electron chi connectivity index (χ1n) is 9.30. The zero-order valence-corrected chi connectivity index (χ0v) is 13.8. The quantitative estimate of drug-likeness (QED) is 0.699. The molecule has 1 saturated heterocycles. The second-order valence-corrected chi connectivity index (χ2v) is 7.17. The second-order valence-electron chi connectivity index (χ2n) is 7.17. The predicted molar refractivity (Wildman–Crippen MR) is 88.1 cm³/mol. The smallest absolute Gasteiger partial charge is 0.0195 e. The van der Waals surface area contributed by atoms with Crippen molar-refractivity contribution in [3.8, 4) is 0 Å². The summed E-state index contributed by atoms with van der Waals surface area (Å²) < 4.78 is 0. The summed E-state index contributed by atoms with van der Waals surface area (Å²) in [4.78, 5) is 0. The van der Waals surface area contributed by atoms with Crippen molar-refractivity contribution in [2.45, 2.75) is 90.1 Å². The van der Waals surface area contributed by atoms with E-state index in [1.165, 1.54) is 77.3 Å². The lowest BCUT2D eigenvalue weighted by Crippen LogP contribution is -2.52. The fourth-order valence-electron chi connectivity index (χ4n) is 4.14. The van der Waals surface area contributed by atoms with Gasteiger partial charge in [0.2, 0.25) is 0 Å². The van der Waals surface area contributed by atoms with Crippen LogP contribution in [0.1, 0.15) is 78.1 Å². The van der Waals surface area contributed by atoms with Crippen molar-refractivity contribution in [3.05, 3.63) is 0 Å². The fourth-order valence-corrected chi connectivity index (χ4v) is 4.14. The average Bonchev–Trinajstić information content (AvgIpc) is 2.50. The van der Waals surface area contributed by atoms with Crippen LogP contribution in [-0.2, 0) is 0 Å². The van der Waals surface area contributed by atoms with Gasteiger partial charge in [0.25, 0.3) is 0 Å². The summed E-state index contributed by atoms with van der Waals surface area (Å²) in [6, 6.07) is 1.57. The maximum Gasteiger partial charge on any atom is 0.0195 e. The van der Waals surface area contributed by atoms with Gasteiger partial charge in [-0.25, -0.2) is 0 Å². The Kier molecular flexibility index (Phi) is 7.37. The van der Waals surface area contributed by atoms with Crippen LogP contribution in [0.3, 0.4) is 0 Å². The number of hydrogen-bond acceptors (Lipinski definition) is 2. The fraction of sp³-hybridized carbons (Fsp3) is 1.00. The molecule has 1 heterocycles. The Morgan fingerprint density at radius 3 is 2.75 bits per heavy atom. The maximum atomic E-state index is 3.93. The molecule has 4 unspecified atom stereocenters. The summed E-state index contributed by atoms with van der Waals surface area (Å²) in [5.74, 6) is 1.88. The van der Waals surface area contributed by atoms with E-state index in [9.17, 15) is 0 Å². The zero-order chi connectivity index (χ0) is 14.2. The first-order chi connectivity index (χ1) is 9.83. The normalized spacial score (nSPS) is 31.8. The van der Waals surface area contributed by atoms with Crippen LogP contribution in [0.4, 0.5) is 0 Å². The summed E-state index contributed by atoms with van der Waals surface area (Å²) in [6.45, 7) is 7.05. The summed E-state index contributed by atoms with van der Waals surface area (Å²) in [7, 11) is 0. The highest BCUT2D eigenvalue weighted by molar-refractivity contribution is 4.90. The van der Waals surface area contributed by atoms with Crippen LogP contribution >= 0.6 is 0 Å². The van der Waals surface area contributed by atoms with E-state index >= 15 is 0 Å². The number of unbranched alkanes of at least 4 members (excludes halogenated alkanes) is 1. The molecule has 0 aromatic rings. The van der Waals surface area contributed by atoms with Gasteiger partial charge in [0.15, 0.2) is 0 Å². The molecule has 2 fully saturated rings. The van der Waals surface area contributed by atoms with Gasteiger partial charge in [-0.1, -0.05) is 46.0 Å². The molecule has 0 spiro atoms. The van der Waals surface area contributed by atoms with E-state index in [4.69, 9.17) is 0 Å². The van der Waals surface area contributed by atoms with Crippen LogP contribution in [-0.4, -0.2) is 25.2 Å². The highest BCUT2D eigenvalue weighted by Crippen LogP contribution is 2.32. The van der Waals surface area contributed by atoms with Crippen LogP contribution in [0.5, 0.6) is 0 Å². The minimum Gasteiger partial charge on any atom is -0.315 e. The molecule has 20 heavy (non-hydrogen) atoms. The minimum absolute atomic E-state index is 0.734. The van der Waals surface area contributed by atoms with E-state index in [0.717, 1.165) is 23.9 Å². The lowest BCUT2D eigenvalue weighted by Gasteiger charge is -2.40. The molecule has 2 rings (SSSR count). The molecule has 1 aliphatic heterocycles. The van der Waals surface area contributed by atoms with Crippen molar-refractivity contribution in [3.63, 3.8) is 0 Å². The number of rotatable bonds is 8. The molecular formula is C18H36N2. The molecule has 0 bridgehead atoms. The largest absolute Gasteiger partial charge is 0.315 e. The van der Waals surface area contributed by atoms with Crippen molar-refractivity contribution in [1.82, 2.24) is 10.6 Å². The monoisotopic (exact) mass is 280 g/mol. The molecule has 1 aliphatic carbocycles. The van der Waals surface area contributed by atoms with Crippen molar-refractivity contribution in [2.24, 2.45) is 11.8 Å². The topological polar surface area (TPSA) is 24.1 Å². The van der Waals surface area contributed by atoms with Gasteiger partial charge in [0.1, 0.15) is 0 Å². The summed E-state index contributed by atoms with van der Waals surface area (Å²) in [6.07, 6.45) is 14.2. The molecule has 0 amide bonds. The van der Waals surface area contributed by atoms with Crippen molar-refractivity contribution < 1.29 is 0 Å². The van der Waals surface area contributed by atoms with Gasteiger partial charge in [0, 0.05) is 18.6 Å². The van der Waals surface area contributed by atoms with Crippen molar-refractivity contribution in [2.75, 3.05) is 13.1 Å². The standard InChI is InChI=1S/C18H36N2/c1-3-5-8-15(4-2)13-19-14-17-12-11-16-9-6-7-10-18(16)20-17/h15-20H,3-14H2,1-2H3. The van der Waals surface area contributed by atoms with E-state index in [2.05, 4.69) is 24.5 Å². The lowest BCUT2D eigenvalue weighted by atomic mass is 9.78. The van der Waals surface area contributed by atoms with Gasteiger partial charge in [-0.05, 0) is 50.5 Å². The highest BCUT2D eigenvalue weighted by Gasteiger charge is 2.31. The first kappa shape index (κ1) is 16.3. The molecule has 0 radical (unpaired) electrons. The van der Waals surface area contributed by atoms with Crippen LogP contribution < -0.4 is 10.6 Å². The van der Waals surface area contributed by atoms with E-state index in [-0.39, 0.29) is 0 Å². The SMILES string of the molecule is CCCCC(CC)CNCC1CCC2CCCCC2N1. The minimum atomic E-state index is 0.734. The Morgan fingerprint density at radius 1 is 1.10 bits per heavy atom. The van der Waals surface area contributed by atoms with Crippen molar-refractivity contribution in [1.29, 1.82) is 0 Å². The van der Waals surface area contributed by atoms with E-state index in [1.54, 1.807) is 0 Å². The highest BCUT2D eigenvalue weighted by atomic mass is 15.0. The van der Waals surface area contributed by atoms with Gasteiger partial charge in [-0.3, -0.25) is 0 Å². The maximum absolute atomic E-state index is 3.93. The second kappa shape index (κ2) is 9.04. The molecule has 2 N–H and O–H groups in total. The third kappa shape index (κ3) is 5.04. The molecular weight excluding hydrogens is 244 g/mol. The van der Waals surface area contributed by atoms with Gasteiger partial charge >= 0.3 is 0 Å². The summed E-state index contributed by atoms with van der Waals surface area (Å²) in [5, 5.41) is 7.68. The van der Waals surface area contributed by atoms with E-state index < -0.39 is 0 Å². The molecule has 0 aromatic heterocycles. The van der Waals surface area contributed by atoms with Crippen molar-refractivity contribution >= 4 is 0 Å². The van der Waals surface area contributed by atoms with Gasteiger partial charge in [-0.15, -0.1) is 0 Å². The van der Waals surface area contributed by atoms with Crippen LogP contribution in [0.25, 0.3) is 0 Å². The number of fused-ring (bicyclic) bond motifs is 1. The van der Waals surface area contributed by atoms with Gasteiger partial charge in [0.05, 0.1) is 0 Å². The zero-order valence-electron chi connectivity index (χ0n) is 13.8. The Morgan fingerprint density at radius 2 is 1.95 bits per heavy atom. The van der Waals surface area contributed by atoms with Gasteiger partial charge in [-0.2, -0.15) is 0 Å². The summed E-state index contributed by atoms with van der Waals surface area (Å²) >= 11 is 0. The average molecular weight is 280 g/mol. The Hall–Kier alpha value is -0.0800. The Balaban J connectivity index is 1.61. The molecule has 0 aromatic carbocycles. The predicted octanol–water partition coefficient (Wildman–Crippen LogP) is 4.10. The lowest BCUT2D eigenvalue weighted by molar-refractivity contribution is 0.173. The van der Waals surface area contributed by atoms with Crippen LogP contribution in [0.15, 0.2) is 0 Å². The van der Waals surface area contributed by atoms with Gasteiger partial charge < -0.3 is 10.6 Å². The third-order valence-corrected chi connectivity index (χ3v) is 5.61. The van der Waals surface area contributed by atoms with Crippen LogP contribution in [0.2, 0.25) is 0 Å². The number of piperidine rings is 1. The molecule has 2 aliphatic rings. The molecule has 118 valence electrons. The third-order valence-electron chi connectivity index (χ3n) is 5.61. The first-order valence-corrected chi connectivity index (χ1v) is 9.30. The molecule has 4 atom stereocenters. The molecule has 2 heteroatoms. The number of hydrogen-bond donors (Lipinski definition) is 2. The molecule has 2 nitrogen and oxygen atoms in total. The Bertz CT molecular complexity index is 254. The number of nitrogens with one attached hydrogen (secondary N) is 2. The molecule has 1 saturated carbocycles. The van der Waals surface area contributed by atoms with E-state index in [1.807, 2.05) is 0 Å². The Labute approximate surface area is 126 Å². The summed E-state index contributed by atoms with van der Waals surface area (Å²) in [5.41, 5.74) is 0. The van der Waals surface area contributed by atoms with E-state index in [0.29, 0.717) is 0 Å². The van der Waals surface area contributed by atoms with Crippen LogP contribution in [0, 0.1) is 11.8 Å².